The first kappa shape index (κ1) is 20.2. The Morgan fingerprint density at radius 2 is 2.04 bits per heavy atom. The molecule has 0 aromatic heterocycles. The maximum absolute atomic E-state index is 12.4. The number of hydrogen-bond donors (Lipinski definition) is 2. The van der Waals surface area contributed by atoms with Crippen LogP contribution in [0, 0.1) is 11.8 Å². The molecule has 26 heavy (non-hydrogen) atoms. The van der Waals surface area contributed by atoms with Crippen molar-refractivity contribution >= 4 is 11.9 Å². The quantitative estimate of drug-likeness (QED) is 0.691. The predicted molar refractivity (Wildman–Crippen MR) is 100 cm³/mol. The summed E-state index contributed by atoms with van der Waals surface area (Å²) >= 11 is 0. The number of nitrogens with one attached hydrogen (secondary N) is 2. The van der Waals surface area contributed by atoms with Gasteiger partial charge in [0.2, 0.25) is 5.91 Å². The molecule has 1 unspecified atom stereocenters. The number of rotatable bonds is 8. The van der Waals surface area contributed by atoms with E-state index in [0.717, 1.165) is 30.7 Å². The van der Waals surface area contributed by atoms with Crippen molar-refractivity contribution in [1.29, 1.82) is 0 Å². The predicted octanol–water partition coefficient (Wildman–Crippen LogP) is 1.92. The Labute approximate surface area is 155 Å². The highest BCUT2D eigenvalue weighted by molar-refractivity contribution is 5.80. The molecule has 6 heteroatoms. The third-order valence-corrected chi connectivity index (χ3v) is 4.77. The average Bonchev–Trinajstić information content (AvgIpc) is 2.65. The van der Waals surface area contributed by atoms with Crippen LogP contribution in [-0.4, -0.2) is 44.7 Å². The Balaban J connectivity index is 1.92. The molecule has 1 aliphatic rings. The van der Waals surface area contributed by atoms with E-state index < -0.39 is 5.92 Å². The second kappa shape index (κ2) is 10.2. The van der Waals surface area contributed by atoms with Crippen molar-refractivity contribution in [3.05, 3.63) is 29.8 Å². The third kappa shape index (κ3) is 6.02. The van der Waals surface area contributed by atoms with E-state index in [1.807, 2.05) is 31.2 Å². The maximum Gasteiger partial charge on any atom is 0.310 e. The molecule has 1 fully saturated rings. The van der Waals surface area contributed by atoms with Gasteiger partial charge in [-0.15, -0.1) is 0 Å². The Hall–Kier alpha value is -2.08. The molecule has 0 radical (unpaired) electrons. The monoisotopic (exact) mass is 362 g/mol. The number of carbonyl (C=O) groups excluding carboxylic acids is 2. The molecule has 0 spiro atoms. The smallest absolute Gasteiger partial charge is 0.310 e. The summed E-state index contributed by atoms with van der Waals surface area (Å²) in [7, 11) is 1.38. The Kier molecular flexibility index (Phi) is 7.91. The first-order valence-electron chi connectivity index (χ1n) is 9.34. The van der Waals surface area contributed by atoms with Crippen molar-refractivity contribution in [2.45, 2.75) is 39.2 Å². The lowest BCUT2D eigenvalue weighted by Crippen LogP contribution is -2.44. The van der Waals surface area contributed by atoms with E-state index in [2.05, 4.69) is 17.6 Å². The van der Waals surface area contributed by atoms with Gasteiger partial charge in [0.1, 0.15) is 5.75 Å². The molecular weight excluding hydrogens is 332 g/mol. The third-order valence-electron chi connectivity index (χ3n) is 4.77. The first-order chi connectivity index (χ1) is 12.5. The van der Waals surface area contributed by atoms with Crippen LogP contribution in [0.1, 0.15) is 32.3 Å². The van der Waals surface area contributed by atoms with Crippen LogP contribution in [-0.2, 0) is 20.7 Å². The summed E-state index contributed by atoms with van der Waals surface area (Å²) in [5.41, 5.74) is 1.01. The van der Waals surface area contributed by atoms with Crippen LogP contribution >= 0.6 is 0 Å². The fourth-order valence-electron chi connectivity index (χ4n) is 3.32. The van der Waals surface area contributed by atoms with Crippen molar-refractivity contribution in [2.24, 2.45) is 11.8 Å². The molecule has 1 saturated heterocycles. The topological polar surface area (TPSA) is 76.7 Å². The number of amides is 1. The zero-order chi connectivity index (χ0) is 18.9. The summed E-state index contributed by atoms with van der Waals surface area (Å²) in [4.78, 5) is 24.5. The van der Waals surface area contributed by atoms with E-state index in [-0.39, 0.29) is 24.3 Å². The van der Waals surface area contributed by atoms with E-state index in [9.17, 15) is 9.59 Å². The van der Waals surface area contributed by atoms with Gasteiger partial charge in [0, 0.05) is 18.5 Å². The summed E-state index contributed by atoms with van der Waals surface area (Å²) in [5, 5.41) is 6.29. The van der Waals surface area contributed by atoms with Gasteiger partial charge < -0.3 is 20.1 Å². The van der Waals surface area contributed by atoms with Gasteiger partial charge in [-0.25, -0.2) is 0 Å². The Morgan fingerprint density at radius 1 is 1.31 bits per heavy atom. The SMILES string of the molecule is CCOc1ccc(CC(CNC(=O)[C@H]2CCN[C@@H](C)C2)C(=O)OC)cc1. The zero-order valence-electron chi connectivity index (χ0n) is 15.9. The van der Waals surface area contributed by atoms with Crippen molar-refractivity contribution in [1.82, 2.24) is 10.6 Å². The number of ether oxygens (including phenoxy) is 2. The molecule has 2 rings (SSSR count). The summed E-state index contributed by atoms with van der Waals surface area (Å²) in [6.07, 6.45) is 2.17. The van der Waals surface area contributed by atoms with E-state index in [4.69, 9.17) is 9.47 Å². The van der Waals surface area contributed by atoms with Crippen LogP contribution in [0.2, 0.25) is 0 Å². The van der Waals surface area contributed by atoms with Gasteiger partial charge in [-0.05, 0) is 57.4 Å². The normalized spacial score (nSPS) is 20.9. The van der Waals surface area contributed by atoms with E-state index in [1.165, 1.54) is 7.11 Å². The summed E-state index contributed by atoms with van der Waals surface area (Å²) in [5.74, 6) is 0.132. The van der Waals surface area contributed by atoms with Gasteiger partial charge >= 0.3 is 5.97 Å². The molecule has 1 aromatic carbocycles. The number of methoxy groups -OCH3 is 1. The molecule has 1 heterocycles. The summed E-state index contributed by atoms with van der Waals surface area (Å²) < 4.78 is 10.4. The molecule has 0 saturated carbocycles. The van der Waals surface area contributed by atoms with E-state index in [1.54, 1.807) is 0 Å². The van der Waals surface area contributed by atoms with Crippen LogP contribution in [0.4, 0.5) is 0 Å². The Bertz CT molecular complexity index is 588. The second-order valence-corrected chi connectivity index (χ2v) is 6.82. The minimum Gasteiger partial charge on any atom is -0.494 e. The van der Waals surface area contributed by atoms with Crippen LogP contribution in [0.15, 0.2) is 24.3 Å². The molecule has 144 valence electrons. The molecule has 1 amide bonds. The molecule has 6 nitrogen and oxygen atoms in total. The lowest BCUT2D eigenvalue weighted by Gasteiger charge is -2.27. The van der Waals surface area contributed by atoms with Crippen molar-refractivity contribution < 1.29 is 19.1 Å². The van der Waals surface area contributed by atoms with E-state index >= 15 is 0 Å². The Morgan fingerprint density at radius 3 is 2.65 bits per heavy atom. The highest BCUT2D eigenvalue weighted by atomic mass is 16.5. The van der Waals surface area contributed by atoms with Crippen molar-refractivity contribution in [3.8, 4) is 5.75 Å². The van der Waals surface area contributed by atoms with Gasteiger partial charge in [0.25, 0.3) is 0 Å². The van der Waals surface area contributed by atoms with E-state index in [0.29, 0.717) is 19.1 Å². The van der Waals surface area contributed by atoms with Crippen molar-refractivity contribution in [2.75, 3.05) is 26.8 Å². The molecular formula is C20H30N2O4. The van der Waals surface area contributed by atoms with Crippen LogP contribution < -0.4 is 15.4 Å². The average molecular weight is 362 g/mol. The second-order valence-electron chi connectivity index (χ2n) is 6.82. The standard InChI is InChI=1S/C20H30N2O4/c1-4-26-18-7-5-15(6-8-18)12-17(20(24)25-3)13-22-19(23)16-9-10-21-14(2)11-16/h5-8,14,16-17,21H,4,9-13H2,1-3H3,(H,22,23)/t14-,16-,17?/m0/s1. The largest absolute Gasteiger partial charge is 0.494 e. The van der Waals surface area contributed by atoms with Gasteiger partial charge in [0.15, 0.2) is 0 Å². The summed E-state index contributed by atoms with van der Waals surface area (Å²) in [6, 6.07) is 8.01. The molecule has 1 aromatic rings. The number of carbonyl (C=O) groups is 2. The minimum absolute atomic E-state index is 0.00928. The number of benzene rings is 1. The fourth-order valence-corrected chi connectivity index (χ4v) is 3.32. The van der Waals surface area contributed by atoms with Gasteiger partial charge in [-0.2, -0.15) is 0 Å². The van der Waals surface area contributed by atoms with Gasteiger partial charge in [-0.1, -0.05) is 12.1 Å². The zero-order valence-corrected chi connectivity index (χ0v) is 15.9. The first-order valence-corrected chi connectivity index (χ1v) is 9.34. The van der Waals surface area contributed by atoms with Gasteiger partial charge in [-0.3, -0.25) is 9.59 Å². The molecule has 1 aliphatic heterocycles. The summed E-state index contributed by atoms with van der Waals surface area (Å²) in [6.45, 7) is 5.78. The molecule has 2 N–H and O–H groups in total. The van der Waals surface area contributed by atoms with Crippen molar-refractivity contribution in [3.63, 3.8) is 0 Å². The van der Waals surface area contributed by atoms with Crippen LogP contribution in [0.5, 0.6) is 5.75 Å². The number of piperidine rings is 1. The number of hydrogen-bond acceptors (Lipinski definition) is 5. The number of esters is 1. The molecule has 3 atom stereocenters. The highest BCUT2D eigenvalue weighted by Gasteiger charge is 2.26. The lowest BCUT2D eigenvalue weighted by molar-refractivity contribution is -0.145. The molecule has 0 bridgehead atoms. The minimum atomic E-state index is -0.402. The fraction of sp³-hybridized carbons (Fsp3) is 0.600. The lowest BCUT2D eigenvalue weighted by atomic mass is 9.92. The molecule has 0 aliphatic carbocycles. The van der Waals surface area contributed by atoms with Gasteiger partial charge in [0.05, 0.1) is 19.6 Å². The van der Waals surface area contributed by atoms with Crippen LogP contribution in [0.3, 0.4) is 0 Å². The maximum atomic E-state index is 12.4. The van der Waals surface area contributed by atoms with Crippen LogP contribution in [0.25, 0.3) is 0 Å². The highest BCUT2D eigenvalue weighted by Crippen LogP contribution is 2.18.